The highest BCUT2D eigenvalue weighted by Gasteiger charge is 2.29. The predicted octanol–water partition coefficient (Wildman–Crippen LogP) is 2.20. The van der Waals surface area contributed by atoms with Gasteiger partial charge in [0.25, 0.3) is 10.2 Å². The van der Waals surface area contributed by atoms with Crippen LogP contribution in [0.5, 0.6) is 5.75 Å². The Bertz CT molecular complexity index is 1330. The molecule has 0 atom stereocenters. The number of aromatic nitrogens is 4. The summed E-state index contributed by atoms with van der Waals surface area (Å²) in [5.41, 5.74) is 3.30. The Morgan fingerprint density at radius 2 is 1.86 bits per heavy atom. The lowest BCUT2D eigenvalue weighted by Crippen LogP contribution is -2.51. The molecule has 1 saturated carbocycles. The molecule has 2 aromatic heterocycles. The van der Waals surface area contributed by atoms with Gasteiger partial charge in [-0.3, -0.25) is 4.98 Å². The highest BCUT2D eigenvalue weighted by Crippen LogP contribution is 2.33. The zero-order valence-corrected chi connectivity index (χ0v) is 22.4. The van der Waals surface area contributed by atoms with Crippen LogP contribution < -0.4 is 25.3 Å². The summed E-state index contributed by atoms with van der Waals surface area (Å²) in [7, 11) is 1.34. The molecule has 0 radical (unpaired) electrons. The first-order valence-corrected chi connectivity index (χ1v) is 14.2. The van der Waals surface area contributed by atoms with Gasteiger partial charge in [-0.2, -0.15) is 22.0 Å². The molecule has 2 fully saturated rings. The maximum absolute atomic E-state index is 12.4. The third-order valence-corrected chi connectivity index (χ3v) is 9.04. The number of imidazole rings is 1. The van der Waals surface area contributed by atoms with Crippen LogP contribution in [0.15, 0.2) is 24.5 Å². The molecule has 1 saturated heterocycles. The first-order valence-electron chi connectivity index (χ1n) is 12.8. The summed E-state index contributed by atoms with van der Waals surface area (Å²) in [6.07, 6.45) is 7.80. The fourth-order valence-electron chi connectivity index (χ4n) is 4.99. The molecule has 37 heavy (non-hydrogen) atoms. The average molecular weight is 531 g/mol. The van der Waals surface area contributed by atoms with Crippen molar-refractivity contribution in [1.82, 2.24) is 23.6 Å². The molecule has 3 aromatic rings. The molecule has 4 N–H and O–H groups in total. The van der Waals surface area contributed by atoms with E-state index < -0.39 is 10.2 Å². The SMILES string of the molecule is COc1cc(N2CCN(S(=O)(=O)N(C)C)CC2)ccc1Nc1nc(NC2CCCCC2)c2[nH]c[nH+]c2n1. The van der Waals surface area contributed by atoms with Crippen molar-refractivity contribution in [3.8, 4) is 5.75 Å². The van der Waals surface area contributed by atoms with E-state index >= 15 is 0 Å². The second-order valence-electron chi connectivity index (χ2n) is 9.72. The molecule has 0 amide bonds. The third-order valence-electron chi connectivity index (χ3n) is 7.10. The molecule has 1 aliphatic heterocycles. The maximum atomic E-state index is 12.4. The zero-order chi connectivity index (χ0) is 26.0. The van der Waals surface area contributed by atoms with Gasteiger partial charge in [0.05, 0.1) is 12.8 Å². The normalized spacial score (nSPS) is 17.9. The average Bonchev–Trinajstić information content (AvgIpc) is 3.38. The summed E-state index contributed by atoms with van der Waals surface area (Å²) in [6, 6.07) is 6.31. The highest BCUT2D eigenvalue weighted by molar-refractivity contribution is 7.86. The minimum atomic E-state index is -3.40. The lowest BCUT2D eigenvalue weighted by Gasteiger charge is -2.36. The topological polar surface area (TPSA) is 133 Å². The Balaban J connectivity index is 1.32. The Kier molecular flexibility index (Phi) is 7.36. The standard InChI is InChI=1S/C24H35N9O3S/c1-31(2)37(34,35)33-13-11-32(12-14-33)18-9-10-19(20(15-18)36-3)28-24-29-22-21(25-16-26-22)23(30-24)27-17-7-5-4-6-8-17/h9-10,15-17H,4-8,11-14H2,1-3H3,(H3,25,26,27,28,29,30)/p+1. The van der Waals surface area contributed by atoms with E-state index in [-0.39, 0.29) is 0 Å². The van der Waals surface area contributed by atoms with E-state index in [9.17, 15) is 8.42 Å². The summed E-state index contributed by atoms with van der Waals surface area (Å²) in [6.45, 7) is 2.06. The minimum absolute atomic E-state index is 0.407. The van der Waals surface area contributed by atoms with Crippen molar-refractivity contribution in [1.29, 1.82) is 0 Å². The van der Waals surface area contributed by atoms with Gasteiger partial charge < -0.3 is 20.3 Å². The van der Waals surface area contributed by atoms with E-state index in [2.05, 4.69) is 30.5 Å². The fraction of sp³-hybridized carbons (Fsp3) is 0.542. The summed E-state index contributed by atoms with van der Waals surface area (Å²) in [5, 5.41) is 6.93. The summed E-state index contributed by atoms with van der Waals surface area (Å²) >= 11 is 0. The van der Waals surface area contributed by atoms with Gasteiger partial charge in [-0.05, 0) is 25.0 Å². The van der Waals surface area contributed by atoms with E-state index in [1.807, 2.05) is 18.2 Å². The van der Waals surface area contributed by atoms with Crippen molar-refractivity contribution in [2.45, 2.75) is 38.1 Å². The molecule has 13 heteroatoms. The molecular formula is C24H36N9O3S+. The van der Waals surface area contributed by atoms with Crippen LogP contribution in [-0.4, -0.2) is 85.4 Å². The van der Waals surface area contributed by atoms with Gasteiger partial charge in [0.2, 0.25) is 5.52 Å². The van der Waals surface area contributed by atoms with Crippen LogP contribution in [0.3, 0.4) is 0 Å². The van der Waals surface area contributed by atoms with Crippen molar-refractivity contribution >= 4 is 44.5 Å². The number of nitrogens with zero attached hydrogens (tertiary/aromatic N) is 5. The lowest BCUT2D eigenvalue weighted by atomic mass is 9.95. The number of methoxy groups -OCH3 is 1. The van der Waals surface area contributed by atoms with E-state index in [1.54, 1.807) is 27.5 Å². The highest BCUT2D eigenvalue weighted by atomic mass is 32.2. The summed E-state index contributed by atoms with van der Waals surface area (Å²) in [4.78, 5) is 17.9. The monoisotopic (exact) mass is 530 g/mol. The second-order valence-corrected chi connectivity index (χ2v) is 11.9. The van der Waals surface area contributed by atoms with Gasteiger partial charge >= 0.3 is 11.6 Å². The molecule has 2 aliphatic rings. The number of anilines is 4. The predicted molar refractivity (Wildman–Crippen MR) is 144 cm³/mol. The number of hydrogen-bond acceptors (Lipinski definition) is 8. The molecular weight excluding hydrogens is 494 g/mol. The van der Waals surface area contributed by atoms with Gasteiger partial charge in [0.15, 0.2) is 12.1 Å². The lowest BCUT2D eigenvalue weighted by molar-refractivity contribution is -0.347. The van der Waals surface area contributed by atoms with Crippen LogP contribution in [0.25, 0.3) is 11.2 Å². The molecule has 12 nitrogen and oxygen atoms in total. The third kappa shape index (κ3) is 5.43. The number of benzene rings is 1. The van der Waals surface area contributed by atoms with E-state index in [1.165, 1.54) is 27.9 Å². The Morgan fingerprint density at radius 1 is 1.11 bits per heavy atom. The van der Waals surface area contributed by atoms with Crippen molar-refractivity contribution in [2.75, 3.05) is 62.9 Å². The van der Waals surface area contributed by atoms with Crippen LogP contribution in [0, 0.1) is 0 Å². The van der Waals surface area contributed by atoms with Crippen molar-refractivity contribution in [3.05, 3.63) is 24.5 Å². The van der Waals surface area contributed by atoms with Crippen LogP contribution in [0.2, 0.25) is 0 Å². The molecule has 0 unspecified atom stereocenters. The van der Waals surface area contributed by atoms with E-state index in [0.717, 1.165) is 41.2 Å². The molecule has 200 valence electrons. The van der Waals surface area contributed by atoms with Crippen LogP contribution in [-0.2, 0) is 10.2 Å². The quantitative estimate of drug-likeness (QED) is 0.404. The van der Waals surface area contributed by atoms with Crippen molar-refractivity contribution in [2.24, 2.45) is 0 Å². The van der Waals surface area contributed by atoms with Crippen molar-refractivity contribution in [3.63, 3.8) is 0 Å². The number of fused-ring (bicyclic) bond motifs is 1. The number of rotatable bonds is 8. The van der Waals surface area contributed by atoms with E-state index in [0.29, 0.717) is 43.9 Å². The zero-order valence-electron chi connectivity index (χ0n) is 21.6. The van der Waals surface area contributed by atoms with Gasteiger partial charge in [0.1, 0.15) is 5.75 Å². The maximum Gasteiger partial charge on any atom is 0.307 e. The molecule has 5 rings (SSSR count). The van der Waals surface area contributed by atoms with Gasteiger partial charge in [-0.25, -0.2) is 4.98 Å². The van der Waals surface area contributed by atoms with Gasteiger partial charge in [-0.1, -0.05) is 24.2 Å². The van der Waals surface area contributed by atoms with E-state index in [4.69, 9.17) is 9.72 Å². The summed E-state index contributed by atoms with van der Waals surface area (Å²) in [5.74, 6) is 1.90. The number of nitrogens with one attached hydrogen (secondary N) is 4. The number of hydrogen-bond donors (Lipinski definition) is 3. The Morgan fingerprint density at radius 3 is 2.57 bits per heavy atom. The molecule has 1 aliphatic carbocycles. The Hall–Kier alpha value is -3.16. The van der Waals surface area contributed by atoms with Crippen LogP contribution in [0.4, 0.5) is 23.1 Å². The first-order chi connectivity index (χ1) is 17.8. The van der Waals surface area contributed by atoms with Crippen LogP contribution in [0.1, 0.15) is 32.1 Å². The summed E-state index contributed by atoms with van der Waals surface area (Å²) < 4.78 is 33.3. The van der Waals surface area contributed by atoms with Gasteiger partial charge in [-0.15, -0.1) is 0 Å². The smallest absolute Gasteiger partial charge is 0.307 e. The molecule has 0 bridgehead atoms. The molecule has 0 spiro atoms. The number of H-pyrrole nitrogens is 2. The first kappa shape index (κ1) is 25.5. The van der Waals surface area contributed by atoms with Crippen molar-refractivity contribution < 1.29 is 18.1 Å². The van der Waals surface area contributed by atoms with Crippen LogP contribution >= 0.6 is 0 Å². The number of aromatic amines is 2. The van der Waals surface area contributed by atoms with Gasteiger partial charge in [0, 0.05) is 58.1 Å². The second kappa shape index (κ2) is 10.7. The minimum Gasteiger partial charge on any atom is -0.494 e. The number of piperazine rings is 1. The molecule has 3 heterocycles. The number of ether oxygens (including phenoxy) is 1. The fourth-order valence-corrected chi connectivity index (χ4v) is 6.07. The Labute approximate surface area is 217 Å². The largest absolute Gasteiger partial charge is 0.494 e. The molecule has 1 aromatic carbocycles.